The molecular weight excluding hydrogens is 288 g/mol. The normalized spacial score (nSPS) is 10.8. The number of rotatable bonds is 3. The molecule has 4 rings (SSSR count). The molecule has 112 valence electrons. The molecule has 0 fully saturated rings. The molecule has 1 N–H and O–H groups in total. The van der Waals surface area contributed by atoms with Gasteiger partial charge in [-0.15, -0.1) is 10.2 Å². The summed E-state index contributed by atoms with van der Waals surface area (Å²) in [5, 5.41) is 14.0. The summed E-state index contributed by atoms with van der Waals surface area (Å²) in [5.74, 6) is 1.57. The summed E-state index contributed by atoms with van der Waals surface area (Å²) in [7, 11) is 0. The van der Waals surface area contributed by atoms with E-state index in [1.807, 2.05) is 25.3 Å². The Kier molecular flexibility index (Phi) is 3.20. The van der Waals surface area contributed by atoms with E-state index in [1.54, 1.807) is 6.20 Å². The van der Waals surface area contributed by atoms with Gasteiger partial charge in [0.1, 0.15) is 5.82 Å². The van der Waals surface area contributed by atoms with E-state index in [9.17, 15) is 0 Å². The maximum atomic E-state index is 4.25. The molecule has 0 unspecified atom stereocenters. The number of aromatic nitrogens is 6. The molecule has 2 aromatic heterocycles. The number of nitrogens with one attached hydrogen (secondary N) is 1. The topological polar surface area (TPSA) is 72.3 Å². The van der Waals surface area contributed by atoms with Crippen LogP contribution in [0.5, 0.6) is 0 Å². The summed E-state index contributed by atoms with van der Waals surface area (Å²) in [4.78, 5) is 4.25. The van der Waals surface area contributed by atoms with E-state index in [2.05, 4.69) is 66.6 Å². The molecule has 23 heavy (non-hydrogen) atoms. The average Bonchev–Trinajstić information content (AvgIpc) is 3.27. The summed E-state index contributed by atoms with van der Waals surface area (Å²) in [6.45, 7) is 1.99. The SMILES string of the molecule is Cc1nccn1-c1ccc(-c2ccc(-c3nn[nH]n3)cc2)cc1. The van der Waals surface area contributed by atoms with E-state index >= 15 is 0 Å². The second kappa shape index (κ2) is 5.49. The fourth-order valence-electron chi connectivity index (χ4n) is 2.56. The van der Waals surface area contributed by atoms with Crippen molar-refractivity contribution >= 4 is 0 Å². The van der Waals surface area contributed by atoms with Crippen LogP contribution >= 0.6 is 0 Å². The van der Waals surface area contributed by atoms with Crippen molar-refractivity contribution in [1.82, 2.24) is 30.2 Å². The number of aromatic amines is 1. The maximum absolute atomic E-state index is 4.25. The number of imidazole rings is 1. The van der Waals surface area contributed by atoms with Crippen LogP contribution < -0.4 is 0 Å². The molecule has 0 atom stereocenters. The first-order valence-electron chi connectivity index (χ1n) is 7.26. The third kappa shape index (κ3) is 2.50. The van der Waals surface area contributed by atoms with Crippen molar-refractivity contribution < 1.29 is 0 Å². The Bertz CT molecular complexity index is 905. The van der Waals surface area contributed by atoms with E-state index < -0.39 is 0 Å². The number of benzene rings is 2. The maximum Gasteiger partial charge on any atom is 0.204 e. The lowest BCUT2D eigenvalue weighted by atomic mass is 10.0. The summed E-state index contributed by atoms with van der Waals surface area (Å²) >= 11 is 0. The van der Waals surface area contributed by atoms with Crippen molar-refractivity contribution in [2.45, 2.75) is 6.92 Å². The molecule has 0 bridgehead atoms. The molecule has 6 heteroatoms. The molecule has 0 saturated carbocycles. The van der Waals surface area contributed by atoms with Crippen molar-refractivity contribution in [1.29, 1.82) is 0 Å². The van der Waals surface area contributed by atoms with Gasteiger partial charge in [0.25, 0.3) is 0 Å². The molecule has 0 aliphatic carbocycles. The molecule has 0 aliphatic heterocycles. The van der Waals surface area contributed by atoms with Crippen LogP contribution in [-0.4, -0.2) is 30.2 Å². The van der Waals surface area contributed by atoms with Crippen LogP contribution in [0.3, 0.4) is 0 Å². The standard InChI is InChI=1S/C17H14N6/c1-12-18-10-11-23(12)16-8-6-14(7-9-16)13-2-4-15(5-3-13)17-19-21-22-20-17/h2-11H,1H3,(H,19,20,21,22). The molecule has 6 nitrogen and oxygen atoms in total. The number of nitrogens with zero attached hydrogens (tertiary/aromatic N) is 5. The zero-order valence-electron chi connectivity index (χ0n) is 12.5. The zero-order valence-corrected chi connectivity index (χ0v) is 12.5. The molecule has 0 saturated heterocycles. The van der Waals surface area contributed by atoms with Gasteiger partial charge >= 0.3 is 0 Å². The molecule has 0 aliphatic rings. The van der Waals surface area contributed by atoms with Gasteiger partial charge in [-0.2, -0.15) is 5.21 Å². The number of H-pyrrole nitrogens is 1. The quantitative estimate of drug-likeness (QED) is 0.631. The highest BCUT2D eigenvalue weighted by Gasteiger charge is 2.05. The Balaban J connectivity index is 1.62. The van der Waals surface area contributed by atoms with E-state index in [1.165, 1.54) is 0 Å². The van der Waals surface area contributed by atoms with Gasteiger partial charge in [0.15, 0.2) is 0 Å². The number of tetrazole rings is 1. The first-order valence-corrected chi connectivity index (χ1v) is 7.26. The Labute approximate surface area is 132 Å². The van der Waals surface area contributed by atoms with Crippen LogP contribution in [0.15, 0.2) is 60.9 Å². The highest BCUT2D eigenvalue weighted by molar-refractivity contribution is 5.68. The van der Waals surface area contributed by atoms with E-state index in [0.717, 1.165) is 28.2 Å². The monoisotopic (exact) mass is 302 g/mol. The first kappa shape index (κ1) is 13.4. The van der Waals surface area contributed by atoms with Crippen molar-refractivity contribution in [2.24, 2.45) is 0 Å². The molecule has 2 heterocycles. The Morgan fingerprint density at radius 3 is 2.09 bits per heavy atom. The zero-order chi connectivity index (χ0) is 15.6. The van der Waals surface area contributed by atoms with E-state index in [4.69, 9.17) is 0 Å². The van der Waals surface area contributed by atoms with Crippen LogP contribution in [0.25, 0.3) is 28.2 Å². The van der Waals surface area contributed by atoms with E-state index in [-0.39, 0.29) is 0 Å². The van der Waals surface area contributed by atoms with E-state index in [0.29, 0.717) is 5.82 Å². The Hall–Kier alpha value is -3.28. The molecule has 4 aromatic rings. The molecule has 2 aromatic carbocycles. The van der Waals surface area contributed by atoms with Gasteiger partial charge in [-0.1, -0.05) is 36.4 Å². The molecule has 0 amide bonds. The predicted octanol–water partition coefficient (Wildman–Crippen LogP) is 3.03. The Morgan fingerprint density at radius 2 is 1.52 bits per heavy atom. The average molecular weight is 302 g/mol. The minimum atomic E-state index is 0.600. The van der Waals surface area contributed by atoms with Crippen LogP contribution in [0.4, 0.5) is 0 Å². The minimum Gasteiger partial charge on any atom is -0.304 e. The largest absolute Gasteiger partial charge is 0.304 e. The third-order valence-corrected chi connectivity index (χ3v) is 3.79. The lowest BCUT2D eigenvalue weighted by molar-refractivity contribution is 0.881. The van der Waals surface area contributed by atoms with Crippen molar-refractivity contribution in [3.63, 3.8) is 0 Å². The summed E-state index contributed by atoms with van der Waals surface area (Å²) < 4.78 is 2.06. The third-order valence-electron chi connectivity index (χ3n) is 3.79. The highest BCUT2D eigenvalue weighted by atomic mass is 15.5. The van der Waals surface area contributed by atoms with Gasteiger partial charge in [-0.05, 0) is 35.4 Å². The first-order chi connectivity index (χ1) is 11.3. The van der Waals surface area contributed by atoms with Crippen LogP contribution in [-0.2, 0) is 0 Å². The minimum absolute atomic E-state index is 0.600. The second-order valence-electron chi connectivity index (χ2n) is 5.20. The Morgan fingerprint density at radius 1 is 0.870 bits per heavy atom. The molecule has 0 spiro atoms. The number of aryl methyl sites for hydroxylation is 1. The summed E-state index contributed by atoms with van der Waals surface area (Å²) in [5.41, 5.74) is 4.35. The predicted molar refractivity (Wildman–Crippen MR) is 86.9 cm³/mol. The van der Waals surface area contributed by atoms with Gasteiger partial charge < -0.3 is 4.57 Å². The van der Waals surface area contributed by atoms with Crippen molar-refractivity contribution in [2.75, 3.05) is 0 Å². The molecule has 0 radical (unpaired) electrons. The summed E-state index contributed by atoms with van der Waals surface area (Å²) in [6.07, 6.45) is 3.77. The van der Waals surface area contributed by atoms with Crippen molar-refractivity contribution in [3.05, 3.63) is 66.7 Å². The van der Waals surface area contributed by atoms with Gasteiger partial charge in [0.2, 0.25) is 5.82 Å². The van der Waals surface area contributed by atoms with Gasteiger partial charge in [0, 0.05) is 23.6 Å². The summed E-state index contributed by atoms with van der Waals surface area (Å²) in [6, 6.07) is 16.5. The van der Waals surface area contributed by atoms with Crippen molar-refractivity contribution in [3.8, 4) is 28.2 Å². The lowest BCUT2D eigenvalue weighted by Crippen LogP contribution is -1.94. The number of hydrogen-bond acceptors (Lipinski definition) is 4. The highest BCUT2D eigenvalue weighted by Crippen LogP contribution is 2.24. The van der Waals surface area contributed by atoms with Crippen LogP contribution in [0.1, 0.15) is 5.82 Å². The fourth-order valence-corrected chi connectivity index (χ4v) is 2.56. The second-order valence-corrected chi connectivity index (χ2v) is 5.20. The smallest absolute Gasteiger partial charge is 0.204 e. The van der Waals surface area contributed by atoms with Crippen LogP contribution in [0.2, 0.25) is 0 Å². The lowest BCUT2D eigenvalue weighted by Gasteiger charge is -2.07. The van der Waals surface area contributed by atoms with Gasteiger partial charge in [-0.3, -0.25) is 0 Å². The van der Waals surface area contributed by atoms with Gasteiger partial charge in [0.05, 0.1) is 0 Å². The van der Waals surface area contributed by atoms with Gasteiger partial charge in [-0.25, -0.2) is 4.98 Å². The van der Waals surface area contributed by atoms with Crippen LogP contribution in [0, 0.1) is 6.92 Å². The molecular formula is C17H14N6. The number of hydrogen-bond donors (Lipinski definition) is 1. The fraction of sp³-hybridized carbons (Fsp3) is 0.0588.